The minimum atomic E-state index is -0.983. The van der Waals surface area contributed by atoms with Crippen molar-refractivity contribution >= 4 is 11.9 Å². The molecule has 5 nitrogen and oxygen atoms in total. The summed E-state index contributed by atoms with van der Waals surface area (Å²) in [5, 5.41) is 11.1. The quantitative estimate of drug-likeness (QED) is 0.638. The van der Waals surface area contributed by atoms with Gasteiger partial charge in [0.15, 0.2) is 0 Å². The van der Waals surface area contributed by atoms with E-state index in [1.165, 1.54) is 19.3 Å². The molecule has 0 radical (unpaired) electrons. The predicted octanol–water partition coefficient (Wildman–Crippen LogP) is 0.250. The average Bonchev–Trinajstić information content (AvgIpc) is 2.71. The van der Waals surface area contributed by atoms with E-state index in [1.54, 1.807) is 0 Å². The van der Waals surface area contributed by atoms with E-state index in [9.17, 15) is 9.59 Å². The molecule has 0 aromatic heterocycles. The summed E-state index contributed by atoms with van der Waals surface area (Å²) in [7, 11) is 0. The van der Waals surface area contributed by atoms with E-state index < -0.39 is 5.97 Å². The standard InChI is InChI=1S/C11H17NO4/c13-9(14)6-16-5-4-12-11(15)10-7-2-1-3-8(7)10/h7-8,10H,1-6H2,(H,12,15)(H,13,14). The van der Waals surface area contributed by atoms with Crippen molar-refractivity contribution < 1.29 is 19.4 Å². The number of aliphatic carboxylic acids is 1. The third-order valence-corrected chi connectivity index (χ3v) is 3.48. The van der Waals surface area contributed by atoms with Crippen molar-refractivity contribution in [3.63, 3.8) is 0 Å². The van der Waals surface area contributed by atoms with Gasteiger partial charge in [-0.05, 0) is 24.7 Å². The highest BCUT2D eigenvalue weighted by molar-refractivity contribution is 5.82. The molecule has 0 aliphatic heterocycles. The fraction of sp³-hybridized carbons (Fsp3) is 0.818. The molecular weight excluding hydrogens is 210 g/mol. The third kappa shape index (κ3) is 2.52. The number of carboxylic acids is 1. The van der Waals surface area contributed by atoms with Gasteiger partial charge in [-0.3, -0.25) is 4.79 Å². The minimum Gasteiger partial charge on any atom is -0.480 e. The fourth-order valence-corrected chi connectivity index (χ4v) is 2.73. The van der Waals surface area contributed by atoms with Gasteiger partial charge in [-0.15, -0.1) is 0 Å². The molecule has 2 atom stereocenters. The number of nitrogens with one attached hydrogen (secondary N) is 1. The van der Waals surface area contributed by atoms with Crippen molar-refractivity contribution in [2.75, 3.05) is 19.8 Å². The number of rotatable bonds is 6. The van der Waals surface area contributed by atoms with Gasteiger partial charge in [0.05, 0.1) is 6.61 Å². The summed E-state index contributed by atoms with van der Waals surface area (Å²) >= 11 is 0. The summed E-state index contributed by atoms with van der Waals surface area (Å²) in [6.07, 6.45) is 3.65. The SMILES string of the molecule is O=C(O)COCCNC(=O)C1C2CCCC21. The van der Waals surface area contributed by atoms with E-state index in [1.807, 2.05) is 0 Å². The molecule has 2 saturated carbocycles. The lowest BCUT2D eigenvalue weighted by Gasteiger charge is -2.06. The first-order valence-electron chi connectivity index (χ1n) is 5.77. The average molecular weight is 227 g/mol. The first-order valence-corrected chi connectivity index (χ1v) is 5.77. The first kappa shape index (κ1) is 11.4. The van der Waals surface area contributed by atoms with Crippen molar-refractivity contribution in [2.45, 2.75) is 19.3 Å². The van der Waals surface area contributed by atoms with E-state index in [4.69, 9.17) is 9.84 Å². The minimum absolute atomic E-state index is 0.119. The van der Waals surface area contributed by atoms with E-state index in [0.29, 0.717) is 18.4 Å². The molecule has 0 bridgehead atoms. The second-order valence-corrected chi connectivity index (χ2v) is 4.52. The number of ether oxygens (including phenoxy) is 1. The van der Waals surface area contributed by atoms with Crippen LogP contribution in [0.2, 0.25) is 0 Å². The number of amides is 1. The molecule has 5 heteroatoms. The highest BCUT2D eigenvalue weighted by Gasteiger charge is 2.56. The molecule has 2 rings (SSSR count). The van der Waals surface area contributed by atoms with Crippen LogP contribution in [0, 0.1) is 17.8 Å². The van der Waals surface area contributed by atoms with Crippen LogP contribution in [0.15, 0.2) is 0 Å². The van der Waals surface area contributed by atoms with Crippen LogP contribution < -0.4 is 5.32 Å². The molecule has 0 spiro atoms. The Morgan fingerprint density at radius 1 is 1.31 bits per heavy atom. The molecular formula is C11H17NO4. The molecule has 90 valence electrons. The Labute approximate surface area is 94.2 Å². The van der Waals surface area contributed by atoms with E-state index in [-0.39, 0.29) is 25.0 Å². The molecule has 16 heavy (non-hydrogen) atoms. The Hall–Kier alpha value is -1.10. The van der Waals surface area contributed by atoms with Gasteiger partial charge in [0.2, 0.25) is 5.91 Å². The van der Waals surface area contributed by atoms with Crippen LogP contribution >= 0.6 is 0 Å². The smallest absolute Gasteiger partial charge is 0.329 e. The second kappa shape index (κ2) is 4.82. The lowest BCUT2D eigenvalue weighted by atomic mass is 10.1. The topological polar surface area (TPSA) is 75.6 Å². The molecule has 2 fully saturated rings. The van der Waals surface area contributed by atoms with Crippen LogP contribution in [0.4, 0.5) is 0 Å². The summed E-state index contributed by atoms with van der Waals surface area (Å²) in [4.78, 5) is 21.8. The third-order valence-electron chi connectivity index (χ3n) is 3.48. The summed E-state index contributed by atoms with van der Waals surface area (Å²) in [6, 6.07) is 0. The number of carbonyl (C=O) groups excluding carboxylic acids is 1. The van der Waals surface area contributed by atoms with Crippen molar-refractivity contribution in [1.82, 2.24) is 5.32 Å². The Morgan fingerprint density at radius 2 is 2.00 bits per heavy atom. The number of carboxylic acid groups (broad SMARTS) is 1. The number of fused-ring (bicyclic) bond motifs is 1. The second-order valence-electron chi connectivity index (χ2n) is 4.52. The number of carbonyl (C=O) groups is 2. The molecule has 0 aromatic rings. The van der Waals surface area contributed by atoms with Crippen molar-refractivity contribution in [3.05, 3.63) is 0 Å². The van der Waals surface area contributed by atoms with Gasteiger partial charge in [-0.2, -0.15) is 0 Å². The maximum atomic E-state index is 11.6. The largest absolute Gasteiger partial charge is 0.480 e. The zero-order valence-electron chi connectivity index (χ0n) is 9.15. The van der Waals surface area contributed by atoms with Crippen molar-refractivity contribution in [1.29, 1.82) is 0 Å². The monoisotopic (exact) mass is 227 g/mol. The molecule has 2 unspecified atom stereocenters. The van der Waals surface area contributed by atoms with Crippen LogP contribution in [0.3, 0.4) is 0 Å². The maximum absolute atomic E-state index is 11.6. The van der Waals surface area contributed by atoms with Gasteiger partial charge >= 0.3 is 5.97 Å². The summed E-state index contributed by atoms with van der Waals surface area (Å²) in [5.74, 6) is 0.616. The highest BCUT2D eigenvalue weighted by atomic mass is 16.5. The van der Waals surface area contributed by atoms with E-state index in [0.717, 1.165) is 0 Å². The van der Waals surface area contributed by atoms with Crippen LogP contribution in [0.5, 0.6) is 0 Å². The Balaban J connectivity index is 1.54. The molecule has 0 heterocycles. The highest BCUT2D eigenvalue weighted by Crippen LogP contribution is 2.57. The zero-order valence-corrected chi connectivity index (χ0v) is 9.15. The molecule has 1 amide bonds. The fourth-order valence-electron chi connectivity index (χ4n) is 2.73. The number of hydrogen-bond acceptors (Lipinski definition) is 3. The van der Waals surface area contributed by atoms with E-state index in [2.05, 4.69) is 5.32 Å². The summed E-state index contributed by atoms with van der Waals surface area (Å²) in [5.41, 5.74) is 0. The lowest BCUT2D eigenvalue weighted by Crippen LogP contribution is -2.30. The lowest BCUT2D eigenvalue weighted by molar-refractivity contribution is -0.142. The van der Waals surface area contributed by atoms with Gasteiger partial charge in [0.25, 0.3) is 0 Å². The summed E-state index contributed by atoms with van der Waals surface area (Å²) in [6.45, 7) is 0.368. The summed E-state index contributed by atoms with van der Waals surface area (Å²) < 4.78 is 4.83. The van der Waals surface area contributed by atoms with Crippen LogP contribution in [0.25, 0.3) is 0 Å². The molecule has 2 aliphatic rings. The predicted molar refractivity (Wildman–Crippen MR) is 55.8 cm³/mol. The first-order chi connectivity index (χ1) is 7.70. The Morgan fingerprint density at radius 3 is 2.62 bits per heavy atom. The van der Waals surface area contributed by atoms with Gasteiger partial charge in [0, 0.05) is 12.5 Å². The van der Waals surface area contributed by atoms with Crippen LogP contribution in [-0.4, -0.2) is 36.7 Å². The van der Waals surface area contributed by atoms with Crippen LogP contribution in [0.1, 0.15) is 19.3 Å². The maximum Gasteiger partial charge on any atom is 0.329 e. The van der Waals surface area contributed by atoms with E-state index >= 15 is 0 Å². The van der Waals surface area contributed by atoms with Gasteiger partial charge in [-0.1, -0.05) is 6.42 Å². The van der Waals surface area contributed by atoms with Crippen molar-refractivity contribution in [2.24, 2.45) is 17.8 Å². The van der Waals surface area contributed by atoms with Gasteiger partial charge < -0.3 is 15.2 Å². The number of hydrogen-bond donors (Lipinski definition) is 2. The van der Waals surface area contributed by atoms with Crippen LogP contribution in [-0.2, 0) is 14.3 Å². The molecule has 0 saturated heterocycles. The molecule has 2 N–H and O–H groups in total. The zero-order chi connectivity index (χ0) is 11.5. The van der Waals surface area contributed by atoms with Gasteiger partial charge in [0.1, 0.15) is 6.61 Å². The molecule has 2 aliphatic carbocycles. The Bertz CT molecular complexity index is 282. The van der Waals surface area contributed by atoms with Gasteiger partial charge in [-0.25, -0.2) is 4.79 Å². The normalized spacial score (nSPS) is 30.9. The Kier molecular flexibility index (Phi) is 3.43. The molecule has 0 aromatic carbocycles. The van der Waals surface area contributed by atoms with Crippen molar-refractivity contribution in [3.8, 4) is 0 Å².